The van der Waals surface area contributed by atoms with Crippen molar-refractivity contribution in [1.29, 1.82) is 0 Å². The highest BCUT2D eigenvalue weighted by Crippen LogP contribution is 2.31. The van der Waals surface area contributed by atoms with Gasteiger partial charge in [-0.15, -0.1) is 0 Å². The lowest BCUT2D eigenvalue weighted by Gasteiger charge is -2.18. The van der Waals surface area contributed by atoms with Crippen LogP contribution in [0.25, 0.3) is 0 Å². The van der Waals surface area contributed by atoms with Crippen LogP contribution >= 0.6 is 11.8 Å². The molecule has 0 saturated carbocycles. The van der Waals surface area contributed by atoms with E-state index < -0.39 is 0 Å². The van der Waals surface area contributed by atoms with Crippen molar-refractivity contribution in [2.24, 2.45) is 10.9 Å². The molecule has 4 heteroatoms. The first-order valence-electron chi connectivity index (χ1n) is 7.39. The Morgan fingerprint density at radius 3 is 2.45 bits per heavy atom. The van der Waals surface area contributed by atoms with Gasteiger partial charge in [-0.3, -0.25) is 4.99 Å². The van der Waals surface area contributed by atoms with Crippen LogP contribution in [-0.2, 0) is 0 Å². The lowest BCUT2D eigenvalue weighted by molar-refractivity contribution is 0.479. The van der Waals surface area contributed by atoms with Gasteiger partial charge in [0.25, 0.3) is 0 Å². The first-order valence-corrected chi connectivity index (χ1v) is 8.27. The first kappa shape index (κ1) is 15.2. The maximum atomic E-state index is 4.64. The van der Waals surface area contributed by atoms with Crippen molar-refractivity contribution in [2.45, 2.75) is 31.9 Å². The van der Waals surface area contributed by atoms with Gasteiger partial charge in [0.05, 0.1) is 6.54 Å². The molecule has 1 aromatic carbocycles. The molecule has 1 aromatic rings. The Morgan fingerprint density at radius 2 is 1.90 bits per heavy atom. The van der Waals surface area contributed by atoms with Gasteiger partial charge in [0.2, 0.25) is 0 Å². The molecule has 3 nitrogen and oxygen atoms in total. The van der Waals surface area contributed by atoms with Crippen LogP contribution in [0.1, 0.15) is 26.7 Å². The van der Waals surface area contributed by atoms with Crippen LogP contribution in [0.4, 0.5) is 11.4 Å². The molecule has 0 spiro atoms. The fourth-order valence-electron chi connectivity index (χ4n) is 2.49. The average molecular weight is 291 g/mol. The number of benzene rings is 1. The number of nitrogens with one attached hydrogen (secondary N) is 1. The summed E-state index contributed by atoms with van der Waals surface area (Å²) >= 11 is 1.90. The van der Waals surface area contributed by atoms with Crippen LogP contribution in [0.3, 0.4) is 0 Å². The summed E-state index contributed by atoms with van der Waals surface area (Å²) in [5.74, 6) is 0.777. The van der Waals surface area contributed by atoms with Crippen molar-refractivity contribution in [1.82, 2.24) is 0 Å². The van der Waals surface area contributed by atoms with Crippen molar-refractivity contribution in [3.05, 3.63) is 24.3 Å². The highest BCUT2D eigenvalue weighted by molar-refractivity contribution is 8.15. The Hall–Kier alpha value is -1.16. The van der Waals surface area contributed by atoms with E-state index in [-0.39, 0.29) is 0 Å². The number of aliphatic imine (C=N–C) groups is 1. The summed E-state index contributed by atoms with van der Waals surface area (Å²) < 4.78 is 0. The number of hydrogen-bond acceptors (Lipinski definition) is 4. The maximum absolute atomic E-state index is 4.64. The molecular formula is C16H25N3S. The Labute approximate surface area is 126 Å². The van der Waals surface area contributed by atoms with Crippen LogP contribution in [0.5, 0.6) is 0 Å². The van der Waals surface area contributed by atoms with Crippen molar-refractivity contribution in [3.63, 3.8) is 0 Å². The highest BCUT2D eigenvalue weighted by Gasteiger charge is 2.25. The number of thioether (sulfide) groups is 1. The molecule has 1 heterocycles. The van der Waals surface area contributed by atoms with Gasteiger partial charge in [0.1, 0.15) is 0 Å². The minimum Gasteiger partial charge on any atom is -0.378 e. The summed E-state index contributed by atoms with van der Waals surface area (Å²) in [6, 6.07) is 8.48. The Morgan fingerprint density at radius 1 is 1.25 bits per heavy atom. The summed E-state index contributed by atoms with van der Waals surface area (Å²) in [4.78, 5) is 6.75. The van der Waals surface area contributed by atoms with Crippen LogP contribution in [-0.4, -0.2) is 31.1 Å². The first-order chi connectivity index (χ1) is 9.63. The monoisotopic (exact) mass is 291 g/mol. The molecule has 1 aliphatic rings. The molecule has 2 rings (SSSR count). The summed E-state index contributed by atoms with van der Waals surface area (Å²) in [6.45, 7) is 5.51. The molecule has 0 aliphatic carbocycles. The summed E-state index contributed by atoms with van der Waals surface area (Å²) in [5.41, 5.74) is 2.33. The van der Waals surface area contributed by atoms with Crippen molar-refractivity contribution >= 4 is 28.3 Å². The molecule has 0 aromatic heterocycles. The molecule has 0 fully saturated rings. The Balaban J connectivity index is 1.91. The largest absolute Gasteiger partial charge is 0.378 e. The van der Waals surface area contributed by atoms with Crippen LogP contribution < -0.4 is 10.2 Å². The molecule has 20 heavy (non-hydrogen) atoms. The molecule has 110 valence electrons. The molecule has 0 amide bonds. The van der Waals surface area contributed by atoms with Gasteiger partial charge in [-0.1, -0.05) is 38.5 Å². The van der Waals surface area contributed by atoms with E-state index in [2.05, 4.69) is 67.4 Å². The molecule has 0 bridgehead atoms. The maximum Gasteiger partial charge on any atom is 0.161 e. The third-order valence-electron chi connectivity index (χ3n) is 3.89. The number of anilines is 2. The van der Waals surface area contributed by atoms with E-state index in [1.165, 1.54) is 18.5 Å². The fourth-order valence-corrected chi connectivity index (χ4v) is 3.82. The average Bonchev–Trinajstić information content (AvgIpc) is 2.89. The summed E-state index contributed by atoms with van der Waals surface area (Å²) in [6.07, 6.45) is 2.49. The van der Waals surface area contributed by atoms with Crippen molar-refractivity contribution in [2.75, 3.05) is 30.9 Å². The van der Waals surface area contributed by atoms with Crippen LogP contribution in [0.15, 0.2) is 29.3 Å². The molecule has 1 unspecified atom stereocenters. The second-order valence-electron chi connectivity index (χ2n) is 5.45. The van der Waals surface area contributed by atoms with Gasteiger partial charge in [-0.25, -0.2) is 0 Å². The van der Waals surface area contributed by atoms with E-state index in [0.717, 1.165) is 23.3 Å². The van der Waals surface area contributed by atoms with E-state index in [1.54, 1.807) is 0 Å². The smallest absolute Gasteiger partial charge is 0.161 e. The minimum atomic E-state index is 0.647. The minimum absolute atomic E-state index is 0.647. The highest BCUT2D eigenvalue weighted by atomic mass is 32.2. The molecule has 1 aliphatic heterocycles. The topological polar surface area (TPSA) is 27.6 Å². The van der Waals surface area contributed by atoms with E-state index in [9.17, 15) is 0 Å². The number of nitrogens with zero attached hydrogens (tertiary/aromatic N) is 2. The second-order valence-corrected chi connectivity index (χ2v) is 6.67. The van der Waals surface area contributed by atoms with Gasteiger partial charge in [0.15, 0.2) is 5.17 Å². The quantitative estimate of drug-likeness (QED) is 0.886. The van der Waals surface area contributed by atoms with Gasteiger partial charge in [-0.2, -0.15) is 0 Å². The predicted octanol–water partition coefficient (Wildman–Crippen LogP) is 4.07. The Kier molecular flexibility index (Phi) is 5.35. The lowest BCUT2D eigenvalue weighted by Crippen LogP contribution is -2.17. The molecule has 0 saturated heterocycles. The molecule has 1 atom stereocenters. The van der Waals surface area contributed by atoms with Gasteiger partial charge >= 0.3 is 0 Å². The molecule has 1 N–H and O–H groups in total. The lowest BCUT2D eigenvalue weighted by atomic mass is 9.99. The van der Waals surface area contributed by atoms with Crippen molar-refractivity contribution in [3.8, 4) is 0 Å². The standard InChI is InChI=1S/C16H25N3S/c1-5-12(6-2)15-11-17-16(20-15)18-13-7-9-14(10-8-13)19(3)4/h7-10,12,15H,5-6,11H2,1-4H3,(H,17,18). The zero-order valence-electron chi connectivity index (χ0n) is 12.9. The van der Waals surface area contributed by atoms with Crippen molar-refractivity contribution < 1.29 is 0 Å². The van der Waals surface area contributed by atoms with Gasteiger partial charge in [-0.05, 0) is 30.2 Å². The molecular weight excluding hydrogens is 266 g/mol. The summed E-state index contributed by atoms with van der Waals surface area (Å²) in [5, 5.41) is 5.15. The normalized spacial score (nSPS) is 18.2. The van der Waals surface area contributed by atoms with E-state index in [1.807, 2.05) is 11.8 Å². The molecule has 0 radical (unpaired) electrons. The number of rotatable bonds is 5. The third-order valence-corrected chi connectivity index (χ3v) is 5.18. The zero-order chi connectivity index (χ0) is 14.5. The predicted molar refractivity (Wildman–Crippen MR) is 92.1 cm³/mol. The SMILES string of the molecule is CCC(CC)C1CN=C(Nc2ccc(N(C)C)cc2)S1. The summed E-state index contributed by atoms with van der Waals surface area (Å²) in [7, 11) is 4.11. The zero-order valence-corrected chi connectivity index (χ0v) is 13.7. The third kappa shape index (κ3) is 3.69. The van der Waals surface area contributed by atoms with E-state index in [0.29, 0.717) is 5.25 Å². The number of hydrogen-bond donors (Lipinski definition) is 1. The fraction of sp³-hybridized carbons (Fsp3) is 0.562. The Bertz CT molecular complexity index is 449. The second kappa shape index (κ2) is 7.02. The van der Waals surface area contributed by atoms with Gasteiger partial charge in [0, 0.05) is 30.7 Å². The van der Waals surface area contributed by atoms with E-state index >= 15 is 0 Å². The van der Waals surface area contributed by atoms with Gasteiger partial charge < -0.3 is 10.2 Å². The van der Waals surface area contributed by atoms with Crippen LogP contribution in [0.2, 0.25) is 0 Å². The van der Waals surface area contributed by atoms with E-state index in [4.69, 9.17) is 0 Å². The number of amidine groups is 1. The van der Waals surface area contributed by atoms with Crippen LogP contribution in [0, 0.1) is 5.92 Å².